The summed E-state index contributed by atoms with van der Waals surface area (Å²) in [7, 11) is 1.43. The molecule has 2 aliphatic carbocycles. The number of carbonyl (C=O) groups excluding carboxylic acids is 1. The van der Waals surface area contributed by atoms with Crippen molar-refractivity contribution in [2.75, 3.05) is 7.11 Å². The van der Waals surface area contributed by atoms with Gasteiger partial charge >= 0.3 is 5.97 Å². The lowest BCUT2D eigenvalue weighted by Gasteiger charge is -2.19. The molecule has 1 aromatic carbocycles. The number of rotatable bonds is 9. The molecule has 1 aromatic rings. The number of hydrogen-bond acceptors (Lipinski definition) is 4. The van der Waals surface area contributed by atoms with Crippen molar-refractivity contribution >= 4 is 5.97 Å². The highest BCUT2D eigenvalue weighted by molar-refractivity contribution is 5.68. The second-order valence-electron chi connectivity index (χ2n) is 8.66. The van der Waals surface area contributed by atoms with E-state index >= 15 is 0 Å². The third-order valence-corrected chi connectivity index (χ3v) is 6.43. The molecule has 1 fully saturated rings. The minimum absolute atomic E-state index is 0.108. The SMILES string of the molecule is COC(=O)CCCCC1=CC2CC(O)[C@H](/C=C/C(O)Cc3ccc(C)cc3)C2C1. The van der Waals surface area contributed by atoms with Crippen molar-refractivity contribution in [2.24, 2.45) is 17.8 Å². The summed E-state index contributed by atoms with van der Waals surface area (Å²) in [5.41, 5.74) is 3.79. The Hall–Kier alpha value is -1.91. The zero-order valence-corrected chi connectivity index (χ0v) is 17.6. The van der Waals surface area contributed by atoms with Gasteiger partial charge in [0.05, 0.1) is 19.3 Å². The smallest absolute Gasteiger partial charge is 0.305 e. The number of fused-ring (bicyclic) bond motifs is 1. The Kier molecular flexibility index (Phi) is 7.68. The van der Waals surface area contributed by atoms with E-state index in [1.807, 2.05) is 12.2 Å². The first-order valence-electron chi connectivity index (χ1n) is 10.8. The van der Waals surface area contributed by atoms with Crippen molar-refractivity contribution in [3.63, 3.8) is 0 Å². The molecule has 0 radical (unpaired) electrons. The first-order chi connectivity index (χ1) is 14.0. The summed E-state index contributed by atoms with van der Waals surface area (Å²) in [6.45, 7) is 2.06. The molecule has 5 atom stereocenters. The molecule has 4 nitrogen and oxygen atoms in total. The molecule has 0 heterocycles. The lowest BCUT2D eigenvalue weighted by Crippen LogP contribution is -2.18. The van der Waals surface area contributed by atoms with Crippen LogP contribution in [0.4, 0.5) is 0 Å². The number of benzene rings is 1. The van der Waals surface area contributed by atoms with Gasteiger partial charge in [0, 0.05) is 18.8 Å². The maximum Gasteiger partial charge on any atom is 0.305 e. The normalized spacial score (nSPS) is 27.1. The highest BCUT2D eigenvalue weighted by atomic mass is 16.5. The van der Waals surface area contributed by atoms with Gasteiger partial charge in [0.25, 0.3) is 0 Å². The number of esters is 1. The Balaban J connectivity index is 1.48. The van der Waals surface area contributed by atoms with Crippen LogP contribution in [-0.4, -0.2) is 35.5 Å². The second-order valence-corrected chi connectivity index (χ2v) is 8.66. The Morgan fingerprint density at radius 2 is 2.03 bits per heavy atom. The summed E-state index contributed by atoms with van der Waals surface area (Å²) in [5.74, 6) is 0.837. The minimum atomic E-state index is -0.531. The standard InChI is InChI=1S/C25H34O4/c1-17-7-9-18(10-8-17)14-21(26)11-12-22-23-15-19(13-20(23)16-24(22)27)5-3-4-6-25(28)29-2/h7-13,20-24,26-27H,3-6,14-16H2,1-2H3/b12-11+/t20?,21?,22-,23?,24?/m1/s1. The molecule has 0 saturated heterocycles. The fourth-order valence-corrected chi connectivity index (χ4v) is 4.80. The molecule has 0 spiro atoms. The zero-order valence-electron chi connectivity index (χ0n) is 17.6. The Labute approximate surface area is 174 Å². The van der Waals surface area contributed by atoms with Crippen molar-refractivity contribution < 1.29 is 19.7 Å². The van der Waals surface area contributed by atoms with E-state index in [-0.39, 0.29) is 18.0 Å². The van der Waals surface area contributed by atoms with Crippen LogP contribution in [0.25, 0.3) is 0 Å². The molecule has 0 bridgehead atoms. The molecular formula is C25H34O4. The second kappa shape index (κ2) is 10.2. The number of hydrogen-bond donors (Lipinski definition) is 2. The molecule has 4 heteroatoms. The largest absolute Gasteiger partial charge is 0.469 e. The van der Waals surface area contributed by atoms with E-state index in [0.29, 0.717) is 24.7 Å². The first-order valence-corrected chi connectivity index (χ1v) is 10.8. The van der Waals surface area contributed by atoms with Crippen LogP contribution >= 0.6 is 0 Å². The third-order valence-electron chi connectivity index (χ3n) is 6.43. The third kappa shape index (κ3) is 6.03. The predicted molar refractivity (Wildman–Crippen MR) is 114 cm³/mol. The van der Waals surface area contributed by atoms with Gasteiger partial charge < -0.3 is 14.9 Å². The van der Waals surface area contributed by atoms with Crippen LogP contribution in [0.1, 0.15) is 49.7 Å². The average molecular weight is 399 g/mol. The predicted octanol–water partition coefficient (Wildman–Crippen LogP) is 4.13. The van der Waals surface area contributed by atoms with Crippen molar-refractivity contribution in [2.45, 2.75) is 64.1 Å². The molecule has 2 aliphatic rings. The molecule has 2 N–H and O–H groups in total. The molecule has 4 unspecified atom stereocenters. The fraction of sp³-hybridized carbons (Fsp3) is 0.560. The van der Waals surface area contributed by atoms with Gasteiger partial charge in [-0.2, -0.15) is 0 Å². The summed E-state index contributed by atoms with van der Waals surface area (Å²) >= 11 is 0. The van der Waals surface area contributed by atoms with Gasteiger partial charge in [0.15, 0.2) is 0 Å². The monoisotopic (exact) mass is 398 g/mol. The topological polar surface area (TPSA) is 66.8 Å². The van der Waals surface area contributed by atoms with Gasteiger partial charge in [-0.15, -0.1) is 0 Å². The van der Waals surface area contributed by atoms with Gasteiger partial charge in [-0.05, 0) is 56.4 Å². The Morgan fingerprint density at radius 3 is 2.76 bits per heavy atom. The number of carbonyl (C=O) groups is 1. The van der Waals surface area contributed by atoms with Crippen LogP contribution in [0.2, 0.25) is 0 Å². The van der Waals surface area contributed by atoms with Gasteiger partial charge in [-0.3, -0.25) is 4.79 Å². The summed E-state index contributed by atoms with van der Waals surface area (Å²) in [6.07, 6.45) is 11.2. The highest BCUT2D eigenvalue weighted by Gasteiger charge is 2.43. The van der Waals surface area contributed by atoms with Crippen LogP contribution in [0, 0.1) is 24.7 Å². The van der Waals surface area contributed by atoms with E-state index in [1.54, 1.807) is 0 Å². The van der Waals surface area contributed by atoms with Gasteiger partial charge in [-0.25, -0.2) is 0 Å². The van der Waals surface area contributed by atoms with E-state index < -0.39 is 6.10 Å². The maximum atomic E-state index is 11.2. The average Bonchev–Trinajstić information content (AvgIpc) is 3.21. The van der Waals surface area contributed by atoms with Crippen LogP contribution in [0.3, 0.4) is 0 Å². The number of allylic oxidation sites excluding steroid dienone is 2. The Morgan fingerprint density at radius 1 is 1.28 bits per heavy atom. The molecule has 3 rings (SSSR count). The summed E-state index contributed by atoms with van der Waals surface area (Å²) in [5, 5.41) is 20.9. The highest BCUT2D eigenvalue weighted by Crippen LogP contribution is 2.48. The zero-order chi connectivity index (χ0) is 20.8. The van der Waals surface area contributed by atoms with Crippen molar-refractivity contribution in [1.82, 2.24) is 0 Å². The lowest BCUT2D eigenvalue weighted by atomic mass is 9.88. The van der Waals surface area contributed by atoms with Gasteiger partial charge in [0.2, 0.25) is 0 Å². The van der Waals surface area contributed by atoms with Crippen molar-refractivity contribution in [1.29, 1.82) is 0 Å². The molecule has 0 aromatic heterocycles. The number of aliphatic hydroxyl groups excluding tert-OH is 2. The number of aliphatic hydroxyl groups is 2. The van der Waals surface area contributed by atoms with E-state index in [0.717, 1.165) is 37.7 Å². The molecule has 0 aliphatic heterocycles. The molecular weight excluding hydrogens is 364 g/mol. The van der Waals surface area contributed by atoms with Crippen LogP contribution in [0.5, 0.6) is 0 Å². The number of unbranched alkanes of at least 4 members (excludes halogenated alkanes) is 1. The van der Waals surface area contributed by atoms with E-state index in [1.165, 1.54) is 18.2 Å². The molecule has 158 valence electrons. The Bertz CT molecular complexity index is 734. The van der Waals surface area contributed by atoms with Gasteiger partial charge in [0.1, 0.15) is 0 Å². The molecule has 29 heavy (non-hydrogen) atoms. The van der Waals surface area contributed by atoms with Crippen LogP contribution in [0.15, 0.2) is 48.1 Å². The maximum absolute atomic E-state index is 11.2. The van der Waals surface area contributed by atoms with E-state index in [4.69, 9.17) is 0 Å². The lowest BCUT2D eigenvalue weighted by molar-refractivity contribution is -0.140. The fourth-order valence-electron chi connectivity index (χ4n) is 4.80. The van der Waals surface area contributed by atoms with Gasteiger partial charge in [-0.1, -0.05) is 53.6 Å². The number of ether oxygens (including phenoxy) is 1. The molecule has 0 amide bonds. The minimum Gasteiger partial charge on any atom is -0.469 e. The number of methoxy groups -OCH3 is 1. The van der Waals surface area contributed by atoms with Crippen molar-refractivity contribution in [3.05, 3.63) is 59.2 Å². The summed E-state index contributed by atoms with van der Waals surface area (Å²) in [4.78, 5) is 11.2. The summed E-state index contributed by atoms with van der Waals surface area (Å²) in [6, 6.07) is 8.24. The number of aryl methyl sites for hydroxylation is 1. The first kappa shape index (κ1) is 21.8. The summed E-state index contributed by atoms with van der Waals surface area (Å²) < 4.78 is 4.69. The molecule has 1 saturated carbocycles. The van der Waals surface area contributed by atoms with Crippen LogP contribution in [-0.2, 0) is 16.0 Å². The van der Waals surface area contributed by atoms with Crippen molar-refractivity contribution in [3.8, 4) is 0 Å². The van der Waals surface area contributed by atoms with E-state index in [2.05, 4.69) is 42.0 Å². The van der Waals surface area contributed by atoms with Crippen LogP contribution < -0.4 is 0 Å². The van der Waals surface area contributed by atoms with E-state index in [9.17, 15) is 15.0 Å². The quantitative estimate of drug-likeness (QED) is 0.373.